The molecule has 4 aromatic carbocycles. The molecular formula is C49H46ClF2N9O7. The Hall–Kier alpha value is -7.73. The van der Waals surface area contributed by atoms with E-state index in [0.717, 1.165) is 41.3 Å². The highest BCUT2D eigenvalue weighted by Crippen LogP contribution is 2.41. The molecule has 7 amide bonds. The molecule has 5 aromatic rings. The highest BCUT2D eigenvalue weighted by atomic mass is 35.5. The van der Waals surface area contributed by atoms with Crippen LogP contribution in [-0.2, 0) is 27.5 Å². The number of carbonyl (C=O) groups excluding carboxylic acids is 6. The molecule has 1 aromatic heterocycles. The monoisotopic (exact) mass is 945 g/mol. The van der Waals surface area contributed by atoms with Crippen LogP contribution in [0.3, 0.4) is 0 Å². The summed E-state index contributed by atoms with van der Waals surface area (Å²) in [4.78, 5) is 91.7. The van der Waals surface area contributed by atoms with Crippen molar-refractivity contribution in [3.05, 3.63) is 141 Å². The Balaban J connectivity index is 0.862. The third kappa shape index (κ3) is 10.1. The van der Waals surface area contributed by atoms with Crippen molar-refractivity contribution < 1.29 is 42.3 Å². The molecule has 0 radical (unpaired) electrons. The predicted octanol–water partition coefficient (Wildman–Crippen LogP) is 6.98. The van der Waals surface area contributed by atoms with Crippen molar-refractivity contribution in [3.8, 4) is 17.0 Å². The molecule has 3 heterocycles. The van der Waals surface area contributed by atoms with Gasteiger partial charge in [-0.05, 0) is 103 Å². The van der Waals surface area contributed by atoms with E-state index in [1.165, 1.54) is 35.0 Å². The Morgan fingerprint density at radius 3 is 2.51 bits per heavy atom. The van der Waals surface area contributed by atoms with Gasteiger partial charge in [0.1, 0.15) is 36.3 Å². The van der Waals surface area contributed by atoms with Gasteiger partial charge in [0.05, 0.1) is 18.7 Å². The van der Waals surface area contributed by atoms with Crippen LogP contribution in [0.4, 0.5) is 30.8 Å². The number of halogens is 3. The number of urea groups is 1. The second kappa shape index (κ2) is 19.6. The zero-order valence-electron chi connectivity index (χ0n) is 37.0. The summed E-state index contributed by atoms with van der Waals surface area (Å²) in [6, 6.07) is 17.2. The number of hydrogen-bond donors (Lipinski definition) is 4. The zero-order valence-corrected chi connectivity index (χ0v) is 37.8. The molecule has 2 fully saturated rings. The van der Waals surface area contributed by atoms with E-state index in [1.807, 2.05) is 0 Å². The normalized spacial score (nSPS) is 15.5. The van der Waals surface area contributed by atoms with Gasteiger partial charge < -0.3 is 36.2 Å². The van der Waals surface area contributed by atoms with Crippen molar-refractivity contribution in [1.82, 2.24) is 30.0 Å². The van der Waals surface area contributed by atoms with Gasteiger partial charge in [-0.2, -0.15) is 0 Å². The van der Waals surface area contributed by atoms with Crippen molar-refractivity contribution in [1.29, 1.82) is 0 Å². The molecule has 1 saturated carbocycles. The first-order valence-corrected chi connectivity index (χ1v) is 22.1. The number of likely N-dealkylation sites (tertiary alicyclic amines) is 1. The van der Waals surface area contributed by atoms with Gasteiger partial charge in [0.2, 0.25) is 5.91 Å². The second-order valence-electron chi connectivity index (χ2n) is 16.8. The van der Waals surface area contributed by atoms with Crippen LogP contribution in [0.2, 0.25) is 5.02 Å². The minimum absolute atomic E-state index is 0.0285. The molecule has 0 spiro atoms. The first kappa shape index (κ1) is 46.8. The average Bonchev–Trinajstić information content (AvgIpc) is 4.11. The van der Waals surface area contributed by atoms with E-state index in [9.17, 15) is 33.2 Å². The maximum Gasteiger partial charge on any atom is 0.319 e. The van der Waals surface area contributed by atoms with Gasteiger partial charge in [-0.3, -0.25) is 28.9 Å². The highest BCUT2D eigenvalue weighted by molar-refractivity contribution is 6.30. The van der Waals surface area contributed by atoms with Crippen molar-refractivity contribution in [2.45, 2.75) is 57.7 Å². The van der Waals surface area contributed by atoms with Gasteiger partial charge in [-0.15, -0.1) is 0 Å². The molecule has 350 valence electrons. The van der Waals surface area contributed by atoms with E-state index < -0.39 is 53.9 Å². The zero-order chi connectivity index (χ0) is 48.4. The molecule has 3 aliphatic rings. The summed E-state index contributed by atoms with van der Waals surface area (Å²) in [7, 11) is 1.47. The summed E-state index contributed by atoms with van der Waals surface area (Å²) in [5.41, 5.74) is 9.79. The number of nitrogen functional groups attached to an aromatic ring is 1. The lowest BCUT2D eigenvalue weighted by Crippen LogP contribution is -2.55. The lowest BCUT2D eigenvalue weighted by molar-refractivity contribution is -0.151. The van der Waals surface area contributed by atoms with Gasteiger partial charge in [0, 0.05) is 59.7 Å². The summed E-state index contributed by atoms with van der Waals surface area (Å²) >= 11 is 6.00. The second-order valence-corrected chi connectivity index (χ2v) is 17.3. The van der Waals surface area contributed by atoms with Gasteiger partial charge in [0.15, 0.2) is 11.6 Å². The Morgan fingerprint density at radius 1 is 0.971 bits per heavy atom. The van der Waals surface area contributed by atoms with Gasteiger partial charge in [-0.25, -0.2) is 23.5 Å². The minimum atomic E-state index is -0.972. The molecule has 0 bridgehead atoms. The lowest BCUT2D eigenvalue weighted by atomic mass is 10.0. The van der Waals surface area contributed by atoms with Gasteiger partial charge >= 0.3 is 6.03 Å². The summed E-state index contributed by atoms with van der Waals surface area (Å²) in [5.74, 6) is -4.14. The Kier molecular flexibility index (Phi) is 13.5. The average molecular weight is 946 g/mol. The molecule has 1 atom stereocenters. The molecular weight excluding hydrogens is 900 g/mol. The molecule has 68 heavy (non-hydrogen) atoms. The topological polar surface area (TPSA) is 209 Å². The number of carbonyl (C=O) groups is 6. The molecule has 19 heteroatoms. The van der Waals surface area contributed by atoms with Crippen molar-refractivity contribution in [2.75, 3.05) is 43.1 Å². The van der Waals surface area contributed by atoms with E-state index in [0.29, 0.717) is 27.4 Å². The van der Waals surface area contributed by atoms with Crippen LogP contribution in [0.15, 0.2) is 91.3 Å². The number of likely N-dealkylation sites (N-methyl/N-ethyl adjacent to an activating group) is 1. The fourth-order valence-electron chi connectivity index (χ4n) is 8.23. The summed E-state index contributed by atoms with van der Waals surface area (Å²) in [6.45, 7) is 5.11. The first-order chi connectivity index (χ1) is 32.6. The number of anilines is 3. The van der Waals surface area contributed by atoms with E-state index >= 15 is 4.39 Å². The van der Waals surface area contributed by atoms with Crippen molar-refractivity contribution >= 4 is 64.4 Å². The molecule has 5 N–H and O–H groups in total. The van der Waals surface area contributed by atoms with Crippen LogP contribution < -0.4 is 26.4 Å². The number of amides is 7. The number of imide groups is 1. The number of nitrogens with one attached hydrogen (secondary N) is 3. The van der Waals surface area contributed by atoms with E-state index in [2.05, 4.69) is 32.5 Å². The Morgan fingerprint density at radius 2 is 1.76 bits per heavy atom. The summed E-state index contributed by atoms with van der Waals surface area (Å²) in [5, 5.41) is 8.55. The van der Waals surface area contributed by atoms with Crippen LogP contribution in [0.25, 0.3) is 11.3 Å². The molecule has 8 rings (SSSR count). The smallest absolute Gasteiger partial charge is 0.319 e. The quantitative estimate of drug-likeness (QED) is 0.0625. The van der Waals surface area contributed by atoms with Crippen LogP contribution in [0.5, 0.6) is 5.75 Å². The van der Waals surface area contributed by atoms with E-state index in [4.69, 9.17) is 22.1 Å². The number of hydrogen-bond acceptors (Lipinski definition) is 10. The first-order valence-electron chi connectivity index (χ1n) is 21.7. The fraction of sp³-hybridized carbons (Fsp3) is 0.265. The molecule has 2 aliphatic heterocycles. The van der Waals surface area contributed by atoms with Crippen molar-refractivity contribution in [2.24, 2.45) is 0 Å². The number of benzene rings is 4. The number of rotatable bonds is 15. The maximum atomic E-state index is 15.2. The molecule has 1 aliphatic carbocycles. The highest BCUT2D eigenvalue weighted by Gasteiger charge is 2.43. The molecule has 1 saturated heterocycles. The summed E-state index contributed by atoms with van der Waals surface area (Å²) < 4.78 is 36.1. The lowest BCUT2D eigenvalue weighted by Gasteiger charge is -2.35. The Labute approximate surface area is 394 Å². The van der Waals surface area contributed by atoms with Crippen LogP contribution in [0, 0.1) is 18.6 Å². The van der Waals surface area contributed by atoms with E-state index in [1.54, 1.807) is 55.5 Å². The maximum absolute atomic E-state index is 15.2. The number of fused-ring (bicyclic) bond motifs is 1. The minimum Gasteiger partial charge on any atom is -0.486 e. The third-order valence-corrected chi connectivity index (χ3v) is 12.3. The van der Waals surface area contributed by atoms with Crippen LogP contribution in [0.1, 0.15) is 74.6 Å². The van der Waals surface area contributed by atoms with Gasteiger partial charge in [-0.1, -0.05) is 42.4 Å². The number of aromatic nitrogens is 2. The number of nitrogens with zero attached hydrogens (tertiary/aromatic N) is 5. The van der Waals surface area contributed by atoms with E-state index in [-0.39, 0.29) is 90.6 Å². The number of piperidine rings is 1. The Bertz CT molecular complexity index is 2910. The SMILES string of the molecule is C=C(CN1C(=O)CCC(N2Cc3cc(CNC(=O)Nc4cccc(Cl)c4)ccc3C2=O)C1=O)C(=O)N(C)CCOc1c(N)ncnc1-c1cc(F)cc(NC(=O)c2ccc(C3CC3)cc2F)c1C. The predicted molar refractivity (Wildman–Crippen MR) is 249 cm³/mol. The summed E-state index contributed by atoms with van der Waals surface area (Å²) in [6.07, 6.45) is 3.14. The third-order valence-electron chi connectivity index (χ3n) is 12.1. The number of nitrogens with two attached hydrogens (primary N) is 1. The largest absolute Gasteiger partial charge is 0.486 e. The molecule has 1 unspecified atom stereocenters. The standard InChI is InChI=1S/C49H46ClF2N9O7/c1-26(23-61-41(62)14-13-40(48(61)66)60-24-31-17-28(7-11-35(31)47(60)65)22-54-49(67)57-34-6-4-5-32(50)19-34)46(64)59(3)15-16-68-43-42(55-25-56-44(43)53)37-20-33(51)21-39(27(37)2)58-45(63)36-12-10-30(18-38(36)52)29-8-9-29/h4-7,10-12,17-21,25,29,40H,1,8-9,13-16,22-24H2,2-3H3,(H,58,63)(H2,53,55,56)(H2,54,57,67). The van der Waals surface area contributed by atoms with Crippen molar-refractivity contribution in [3.63, 3.8) is 0 Å². The number of ether oxygens (including phenoxy) is 1. The fourth-order valence-corrected chi connectivity index (χ4v) is 8.42. The van der Waals surface area contributed by atoms with Crippen LogP contribution in [-0.4, -0.2) is 93.0 Å². The van der Waals surface area contributed by atoms with Crippen LogP contribution >= 0.6 is 11.6 Å². The molecule has 16 nitrogen and oxygen atoms in total. The van der Waals surface area contributed by atoms with Gasteiger partial charge in [0.25, 0.3) is 23.6 Å².